The van der Waals surface area contributed by atoms with Gasteiger partial charge in [0.15, 0.2) is 0 Å². The zero-order chi connectivity index (χ0) is 36.5. The summed E-state index contributed by atoms with van der Waals surface area (Å²) in [5, 5.41) is 3.22. The zero-order valence-electron chi connectivity index (χ0n) is 31.5. The van der Waals surface area contributed by atoms with Gasteiger partial charge in [0.1, 0.15) is 11.1 Å². The molecule has 0 amide bonds. The number of aryl methyl sites for hydroxylation is 1. The van der Waals surface area contributed by atoms with Crippen LogP contribution in [-0.2, 0) is 32.9 Å². The molecule has 4 aromatic heterocycles. The van der Waals surface area contributed by atoms with Crippen LogP contribution in [0.25, 0.3) is 66.5 Å². The second-order valence-corrected chi connectivity index (χ2v) is 16.1. The molecule has 0 atom stereocenters. The number of furan rings is 1. The normalized spacial score (nSPS) is 11.7. The Balaban J connectivity index is 0.000000183. The first-order valence-electron chi connectivity index (χ1n) is 18.0. The van der Waals surface area contributed by atoms with Gasteiger partial charge in [-0.2, -0.15) is 0 Å². The number of hydrogen-bond acceptors (Lipinski definition) is 4. The molecule has 0 aliphatic heterocycles. The Morgan fingerprint density at radius 2 is 1.40 bits per heavy atom. The van der Waals surface area contributed by atoms with Crippen molar-refractivity contribution in [3.05, 3.63) is 151 Å². The van der Waals surface area contributed by atoms with Crippen molar-refractivity contribution in [1.82, 2.24) is 15.0 Å². The number of benzene rings is 4. The minimum atomic E-state index is 0. The molecule has 4 aromatic carbocycles. The third-order valence-corrected chi connectivity index (χ3v) is 9.13. The molecule has 0 bridgehead atoms. The van der Waals surface area contributed by atoms with Gasteiger partial charge >= 0.3 is 0 Å². The monoisotopic (exact) mass is 872 g/mol. The van der Waals surface area contributed by atoms with Gasteiger partial charge in [-0.15, -0.1) is 54.1 Å². The number of nitrogens with zero attached hydrogens (tertiary/aromatic N) is 3. The molecule has 53 heavy (non-hydrogen) atoms. The number of hydrogen-bond donors (Lipinski definition) is 0. The summed E-state index contributed by atoms with van der Waals surface area (Å²) in [5.74, 6) is 0. The van der Waals surface area contributed by atoms with Crippen molar-refractivity contribution < 1.29 is 24.5 Å². The minimum Gasteiger partial charge on any atom is -0.498 e. The summed E-state index contributed by atoms with van der Waals surface area (Å²) >= 11 is 0. The zero-order valence-corrected chi connectivity index (χ0v) is 33.9. The maximum atomic E-state index is 6.39. The predicted molar refractivity (Wildman–Crippen MR) is 216 cm³/mol. The van der Waals surface area contributed by atoms with Crippen molar-refractivity contribution in [3.63, 3.8) is 0 Å². The van der Waals surface area contributed by atoms with Gasteiger partial charge in [-0.3, -0.25) is 4.98 Å². The molecule has 0 aliphatic carbocycles. The predicted octanol–water partition coefficient (Wildman–Crippen LogP) is 12.7. The van der Waals surface area contributed by atoms with Crippen LogP contribution in [0.4, 0.5) is 0 Å². The number of fused-ring (bicyclic) bond motifs is 5. The molecule has 4 nitrogen and oxygen atoms in total. The topological polar surface area (TPSA) is 51.8 Å². The Kier molecular flexibility index (Phi) is 11.1. The molecule has 269 valence electrons. The van der Waals surface area contributed by atoms with E-state index < -0.39 is 0 Å². The van der Waals surface area contributed by atoms with Crippen molar-refractivity contribution in [2.45, 2.75) is 61.3 Å². The summed E-state index contributed by atoms with van der Waals surface area (Å²) in [6, 6.07) is 42.0. The van der Waals surface area contributed by atoms with Crippen LogP contribution in [0.15, 0.2) is 126 Å². The Labute approximate surface area is 327 Å². The van der Waals surface area contributed by atoms with E-state index in [-0.39, 0.29) is 25.5 Å². The molecule has 0 unspecified atom stereocenters. The fourth-order valence-corrected chi connectivity index (χ4v) is 6.73. The molecule has 0 saturated heterocycles. The summed E-state index contributed by atoms with van der Waals surface area (Å²) in [5.41, 5.74) is 13.2. The minimum absolute atomic E-state index is 0. The second-order valence-electron chi connectivity index (χ2n) is 16.1. The van der Waals surface area contributed by atoms with Crippen molar-refractivity contribution in [1.29, 1.82) is 0 Å². The SMILES string of the molecule is CC(C)(C)Cc1ccc(-c2ccnc(-c3[c-]cccc3)c2)cc1.Cc1cnc(-c2[c-]ccc3c2oc2c3ccc3cccnc32)cc1CC(C)(C)C.[Ir]. The van der Waals surface area contributed by atoms with Crippen molar-refractivity contribution in [2.75, 3.05) is 0 Å². The molecule has 5 heteroatoms. The Morgan fingerprint density at radius 3 is 2.13 bits per heavy atom. The van der Waals surface area contributed by atoms with Gasteiger partial charge in [0.25, 0.3) is 0 Å². The van der Waals surface area contributed by atoms with Gasteiger partial charge in [-0.25, -0.2) is 0 Å². The smallest absolute Gasteiger partial charge is 0.147 e. The van der Waals surface area contributed by atoms with E-state index in [1.165, 1.54) is 27.8 Å². The van der Waals surface area contributed by atoms with Crippen LogP contribution in [0.1, 0.15) is 58.2 Å². The summed E-state index contributed by atoms with van der Waals surface area (Å²) in [7, 11) is 0. The van der Waals surface area contributed by atoms with E-state index in [9.17, 15) is 0 Å². The number of rotatable bonds is 5. The average molecular weight is 872 g/mol. The average Bonchev–Trinajstić information content (AvgIpc) is 3.52. The largest absolute Gasteiger partial charge is 0.498 e. The Bertz CT molecular complexity index is 2490. The van der Waals surface area contributed by atoms with E-state index in [0.29, 0.717) is 5.41 Å². The van der Waals surface area contributed by atoms with E-state index in [1.807, 2.05) is 55.0 Å². The first-order valence-corrected chi connectivity index (χ1v) is 18.0. The van der Waals surface area contributed by atoms with Crippen LogP contribution < -0.4 is 0 Å². The summed E-state index contributed by atoms with van der Waals surface area (Å²) in [6.07, 6.45) is 7.73. The van der Waals surface area contributed by atoms with Crippen molar-refractivity contribution >= 4 is 32.8 Å². The van der Waals surface area contributed by atoms with E-state index in [2.05, 4.69) is 137 Å². The fourth-order valence-electron chi connectivity index (χ4n) is 6.73. The van der Waals surface area contributed by atoms with Gasteiger partial charge in [0.05, 0.1) is 5.58 Å². The van der Waals surface area contributed by atoms with Gasteiger partial charge in [0.2, 0.25) is 0 Å². The first-order chi connectivity index (χ1) is 24.9. The van der Waals surface area contributed by atoms with E-state index in [0.717, 1.165) is 68.2 Å². The Morgan fingerprint density at radius 1 is 0.623 bits per heavy atom. The molecular weight excluding hydrogens is 827 g/mol. The van der Waals surface area contributed by atoms with Crippen LogP contribution in [0.2, 0.25) is 0 Å². The van der Waals surface area contributed by atoms with E-state index in [1.54, 1.807) is 0 Å². The van der Waals surface area contributed by atoms with Crippen LogP contribution >= 0.6 is 0 Å². The third kappa shape index (κ3) is 8.82. The summed E-state index contributed by atoms with van der Waals surface area (Å²) in [6.45, 7) is 15.7. The summed E-state index contributed by atoms with van der Waals surface area (Å²) < 4.78 is 6.39. The molecule has 0 fully saturated rings. The molecule has 0 aliphatic rings. The molecule has 8 rings (SSSR count). The van der Waals surface area contributed by atoms with Gasteiger partial charge in [-0.1, -0.05) is 113 Å². The molecule has 4 heterocycles. The van der Waals surface area contributed by atoms with Gasteiger partial charge < -0.3 is 14.4 Å². The van der Waals surface area contributed by atoms with E-state index in [4.69, 9.17) is 9.40 Å². The second kappa shape index (κ2) is 15.6. The fraction of sp³-hybridized carbons (Fsp3) is 0.229. The third-order valence-electron chi connectivity index (χ3n) is 9.13. The number of pyridine rings is 3. The molecule has 0 saturated carbocycles. The molecule has 1 radical (unpaired) electrons. The van der Waals surface area contributed by atoms with Crippen molar-refractivity contribution in [3.8, 4) is 33.6 Å². The van der Waals surface area contributed by atoms with Gasteiger partial charge in [-0.05, 0) is 76.4 Å². The van der Waals surface area contributed by atoms with E-state index >= 15 is 0 Å². The molecular formula is C48H45IrN3O-2. The first kappa shape index (κ1) is 37.8. The molecule has 0 N–H and O–H groups in total. The number of aromatic nitrogens is 3. The Hall–Kier alpha value is -4.96. The van der Waals surface area contributed by atoms with Crippen molar-refractivity contribution in [2.24, 2.45) is 10.8 Å². The molecule has 8 aromatic rings. The van der Waals surface area contributed by atoms with Crippen LogP contribution in [0.5, 0.6) is 0 Å². The van der Waals surface area contributed by atoms with Gasteiger partial charge in [0, 0.05) is 49.5 Å². The maximum Gasteiger partial charge on any atom is 0.147 e. The van der Waals surface area contributed by atoms with Crippen LogP contribution in [-0.4, -0.2) is 15.0 Å². The van der Waals surface area contributed by atoms with Crippen LogP contribution in [0, 0.1) is 29.9 Å². The summed E-state index contributed by atoms with van der Waals surface area (Å²) in [4.78, 5) is 13.7. The maximum absolute atomic E-state index is 6.39. The molecule has 0 spiro atoms. The standard InChI is InChI=1S/C26H23N2O.C22H22N.Ir/c1-16-15-28-22(13-18(16)14-26(2,3)4)21-9-5-8-19-20-11-10-17-7-6-12-27-23(17)25(20)29-24(19)21;1-22(2,3)16-17-9-11-18(12-10-17)20-13-14-23-21(15-20)19-7-5-4-6-8-19;/h5-8,10-13,15H,14H2,1-4H3;4-7,9-15H,16H2,1-3H3;/q2*-1;. The quantitative estimate of drug-likeness (QED) is 0.162. The van der Waals surface area contributed by atoms with Crippen LogP contribution in [0.3, 0.4) is 0 Å².